The highest BCUT2D eigenvalue weighted by Gasteiger charge is 2.30. The lowest BCUT2D eigenvalue weighted by Gasteiger charge is -2.20. The molecule has 0 saturated carbocycles. The number of hydrogen-bond acceptors (Lipinski definition) is 6. The van der Waals surface area contributed by atoms with E-state index in [4.69, 9.17) is 4.42 Å². The van der Waals surface area contributed by atoms with E-state index in [2.05, 4.69) is 43.8 Å². The van der Waals surface area contributed by atoms with Crippen LogP contribution < -0.4 is 9.80 Å². The number of nitrogens with zero attached hydrogens (tertiary/aromatic N) is 5. The monoisotopic (exact) mass is 317 g/mol. The minimum Gasteiger partial charge on any atom is -0.435 e. The average Bonchev–Trinajstić information content (AvgIpc) is 3.13. The third-order valence-electron chi connectivity index (χ3n) is 4.49. The first-order valence-electron chi connectivity index (χ1n) is 7.80. The van der Waals surface area contributed by atoms with Crippen LogP contribution in [0, 0.1) is 6.92 Å². The molecule has 0 amide bonds. The van der Waals surface area contributed by atoms with Gasteiger partial charge in [-0.3, -0.25) is 0 Å². The van der Waals surface area contributed by atoms with Crippen LogP contribution >= 0.6 is 0 Å². The van der Waals surface area contributed by atoms with Crippen LogP contribution in [0.4, 0.5) is 17.3 Å². The molecule has 4 aromatic rings. The molecule has 0 N–H and O–H groups in total. The second kappa shape index (κ2) is 4.67. The number of benzene rings is 1. The molecule has 5 rings (SSSR count). The summed E-state index contributed by atoms with van der Waals surface area (Å²) in [6.07, 6.45) is 5.19. The van der Waals surface area contributed by atoms with Crippen molar-refractivity contribution in [2.45, 2.75) is 6.92 Å². The van der Waals surface area contributed by atoms with Gasteiger partial charge in [0.1, 0.15) is 0 Å². The maximum Gasteiger partial charge on any atom is 0.227 e. The van der Waals surface area contributed by atoms with Crippen LogP contribution in [0.3, 0.4) is 0 Å². The largest absolute Gasteiger partial charge is 0.435 e. The van der Waals surface area contributed by atoms with Gasteiger partial charge in [0.2, 0.25) is 5.71 Å². The summed E-state index contributed by atoms with van der Waals surface area (Å²) in [4.78, 5) is 17.6. The molecule has 0 atom stereocenters. The first-order valence-corrected chi connectivity index (χ1v) is 7.80. The fourth-order valence-electron chi connectivity index (χ4n) is 3.40. The molecule has 6 heteroatoms. The van der Waals surface area contributed by atoms with Crippen molar-refractivity contribution in [3.63, 3.8) is 0 Å². The first-order chi connectivity index (χ1) is 11.7. The number of aromatic nitrogens is 3. The fraction of sp³-hybridized carbons (Fsp3) is 0.167. The lowest BCUT2D eigenvalue weighted by molar-refractivity contribution is 0.653. The molecule has 0 spiro atoms. The Hall–Kier alpha value is -3.15. The van der Waals surface area contributed by atoms with E-state index < -0.39 is 0 Å². The van der Waals surface area contributed by atoms with Gasteiger partial charge in [0.25, 0.3) is 0 Å². The van der Waals surface area contributed by atoms with Gasteiger partial charge < -0.3 is 14.2 Å². The molecule has 0 radical (unpaired) electrons. The Morgan fingerprint density at radius 1 is 0.958 bits per heavy atom. The second-order valence-electron chi connectivity index (χ2n) is 6.04. The molecule has 1 aliphatic rings. The van der Waals surface area contributed by atoms with Gasteiger partial charge in [0.05, 0.1) is 12.4 Å². The fourth-order valence-corrected chi connectivity index (χ4v) is 3.40. The molecular formula is C18H15N5O. The highest BCUT2D eigenvalue weighted by Crippen LogP contribution is 2.43. The summed E-state index contributed by atoms with van der Waals surface area (Å²) in [6.45, 7) is 2.77. The van der Waals surface area contributed by atoms with Crippen LogP contribution in [0.1, 0.15) is 5.56 Å². The quantitative estimate of drug-likeness (QED) is 0.534. The van der Waals surface area contributed by atoms with Crippen LogP contribution in [0.25, 0.3) is 22.1 Å². The Labute approximate surface area is 138 Å². The van der Waals surface area contributed by atoms with E-state index in [1.807, 2.05) is 19.2 Å². The summed E-state index contributed by atoms with van der Waals surface area (Å²) < 4.78 is 6.11. The van der Waals surface area contributed by atoms with E-state index in [1.165, 1.54) is 0 Å². The van der Waals surface area contributed by atoms with Crippen molar-refractivity contribution < 1.29 is 4.42 Å². The molecule has 0 unspecified atom stereocenters. The zero-order valence-corrected chi connectivity index (χ0v) is 13.4. The number of fused-ring (bicyclic) bond motifs is 4. The summed E-state index contributed by atoms with van der Waals surface area (Å²) in [5.74, 6) is 1.73. The number of furan rings is 1. The smallest absolute Gasteiger partial charge is 0.227 e. The molecule has 4 heterocycles. The van der Waals surface area contributed by atoms with E-state index >= 15 is 0 Å². The molecule has 6 nitrogen and oxygen atoms in total. The van der Waals surface area contributed by atoms with E-state index in [1.54, 1.807) is 18.6 Å². The Morgan fingerprint density at radius 2 is 1.79 bits per heavy atom. The number of anilines is 3. The van der Waals surface area contributed by atoms with Crippen molar-refractivity contribution in [1.82, 2.24) is 15.0 Å². The van der Waals surface area contributed by atoms with E-state index in [-0.39, 0.29) is 0 Å². The number of aryl methyl sites for hydroxylation is 1. The summed E-state index contributed by atoms with van der Waals surface area (Å²) in [7, 11) is 2.02. The highest BCUT2D eigenvalue weighted by molar-refractivity contribution is 6.09. The minimum absolute atomic E-state index is 0.659. The Bertz CT molecular complexity index is 1090. The molecule has 1 aliphatic heterocycles. The summed E-state index contributed by atoms with van der Waals surface area (Å²) in [5.41, 5.74) is 3.66. The van der Waals surface area contributed by atoms with E-state index in [0.717, 1.165) is 39.2 Å². The molecule has 118 valence electrons. The highest BCUT2D eigenvalue weighted by atomic mass is 16.3. The predicted octanol–water partition coefficient (Wildman–Crippen LogP) is 3.62. The maximum absolute atomic E-state index is 6.11. The van der Waals surface area contributed by atoms with Gasteiger partial charge in [-0.15, -0.1) is 0 Å². The zero-order valence-electron chi connectivity index (χ0n) is 13.4. The standard InChI is InChI=1S/C18H15N5O/c1-11-5-6-12-13-4-3-7-21-18(13)24-15(12)14(11)23-10-22(2)16-17(23)20-9-8-19-16/h3-9H,10H2,1-2H3. The third-order valence-corrected chi connectivity index (χ3v) is 4.49. The summed E-state index contributed by atoms with van der Waals surface area (Å²) in [5, 5.41) is 2.10. The van der Waals surface area contributed by atoms with Crippen molar-refractivity contribution in [2.24, 2.45) is 0 Å². The molecular weight excluding hydrogens is 302 g/mol. The van der Waals surface area contributed by atoms with Gasteiger partial charge in [0, 0.05) is 36.4 Å². The van der Waals surface area contributed by atoms with E-state index in [0.29, 0.717) is 12.4 Å². The first kappa shape index (κ1) is 13.3. The maximum atomic E-state index is 6.11. The van der Waals surface area contributed by atoms with Gasteiger partial charge in [-0.1, -0.05) is 12.1 Å². The Balaban J connectivity index is 1.83. The van der Waals surface area contributed by atoms with Crippen LogP contribution in [-0.4, -0.2) is 28.7 Å². The third kappa shape index (κ3) is 1.68. The van der Waals surface area contributed by atoms with Gasteiger partial charge in [0.15, 0.2) is 17.2 Å². The molecule has 0 aliphatic carbocycles. The van der Waals surface area contributed by atoms with Gasteiger partial charge >= 0.3 is 0 Å². The predicted molar refractivity (Wildman–Crippen MR) is 93.7 cm³/mol. The molecule has 0 bridgehead atoms. The average molecular weight is 317 g/mol. The SMILES string of the molecule is Cc1ccc2c(oc3ncccc32)c1N1CN(C)c2nccnc21. The van der Waals surface area contributed by atoms with Crippen LogP contribution in [0.5, 0.6) is 0 Å². The second-order valence-corrected chi connectivity index (χ2v) is 6.04. The van der Waals surface area contributed by atoms with Crippen molar-refractivity contribution in [3.8, 4) is 0 Å². The number of pyridine rings is 1. The van der Waals surface area contributed by atoms with E-state index in [9.17, 15) is 0 Å². The van der Waals surface area contributed by atoms with Gasteiger partial charge in [-0.25, -0.2) is 15.0 Å². The molecule has 0 fully saturated rings. The molecule has 0 saturated heterocycles. The van der Waals surface area contributed by atoms with Crippen LogP contribution in [-0.2, 0) is 0 Å². The normalized spacial score (nSPS) is 13.9. The van der Waals surface area contributed by atoms with Crippen molar-refractivity contribution in [2.75, 3.05) is 23.5 Å². The summed E-state index contributed by atoms with van der Waals surface area (Å²) in [6, 6.07) is 8.19. The molecule has 24 heavy (non-hydrogen) atoms. The molecule has 1 aromatic carbocycles. The number of rotatable bonds is 1. The minimum atomic E-state index is 0.659. The van der Waals surface area contributed by atoms with Crippen LogP contribution in [0.2, 0.25) is 0 Å². The lowest BCUT2D eigenvalue weighted by atomic mass is 10.1. The Kier molecular flexibility index (Phi) is 2.59. The number of hydrogen-bond donors (Lipinski definition) is 0. The lowest BCUT2D eigenvalue weighted by Crippen LogP contribution is -2.25. The topological polar surface area (TPSA) is 58.3 Å². The zero-order chi connectivity index (χ0) is 16.3. The van der Waals surface area contributed by atoms with Crippen molar-refractivity contribution in [3.05, 3.63) is 48.4 Å². The van der Waals surface area contributed by atoms with Gasteiger partial charge in [-0.2, -0.15) is 0 Å². The van der Waals surface area contributed by atoms with Crippen molar-refractivity contribution >= 4 is 39.4 Å². The van der Waals surface area contributed by atoms with Crippen molar-refractivity contribution in [1.29, 1.82) is 0 Å². The van der Waals surface area contributed by atoms with Crippen LogP contribution in [0.15, 0.2) is 47.3 Å². The Morgan fingerprint density at radius 3 is 2.67 bits per heavy atom. The van der Waals surface area contributed by atoms with Gasteiger partial charge in [-0.05, 0) is 24.6 Å². The summed E-state index contributed by atoms with van der Waals surface area (Å²) >= 11 is 0. The molecule has 3 aromatic heterocycles.